The Balaban J connectivity index is 2.34. The standard InChI is InChI=1S/C12H17NO3/c1-13(2)12(15)7-8-16-11-5-3-10(9-14)4-6-11/h3-6,14H,7-9H2,1-2H3. The van der Waals surface area contributed by atoms with Gasteiger partial charge in [0.1, 0.15) is 5.75 Å². The van der Waals surface area contributed by atoms with Gasteiger partial charge in [-0.25, -0.2) is 0 Å². The van der Waals surface area contributed by atoms with Gasteiger partial charge in [-0.2, -0.15) is 0 Å². The predicted octanol–water partition coefficient (Wildman–Crippen LogP) is 1.04. The normalized spacial score (nSPS) is 9.94. The minimum atomic E-state index is 0.0272. The molecule has 0 saturated carbocycles. The third kappa shape index (κ3) is 3.90. The molecule has 16 heavy (non-hydrogen) atoms. The second kappa shape index (κ2) is 6.12. The summed E-state index contributed by atoms with van der Waals surface area (Å²) in [6.07, 6.45) is 0.370. The van der Waals surface area contributed by atoms with Crippen LogP contribution in [0.3, 0.4) is 0 Å². The van der Waals surface area contributed by atoms with Crippen molar-refractivity contribution < 1.29 is 14.6 Å². The van der Waals surface area contributed by atoms with E-state index in [-0.39, 0.29) is 12.5 Å². The Bertz CT molecular complexity index is 333. The number of hydrogen-bond acceptors (Lipinski definition) is 3. The number of hydrogen-bond donors (Lipinski definition) is 1. The van der Waals surface area contributed by atoms with E-state index in [9.17, 15) is 4.79 Å². The molecule has 0 unspecified atom stereocenters. The summed E-state index contributed by atoms with van der Waals surface area (Å²) < 4.78 is 5.40. The van der Waals surface area contributed by atoms with Crippen molar-refractivity contribution >= 4 is 5.91 Å². The van der Waals surface area contributed by atoms with Crippen LogP contribution in [0.5, 0.6) is 5.75 Å². The Hall–Kier alpha value is -1.55. The number of amides is 1. The molecule has 0 atom stereocenters. The average molecular weight is 223 g/mol. The summed E-state index contributed by atoms with van der Waals surface area (Å²) in [6, 6.07) is 7.16. The Labute approximate surface area is 95.5 Å². The number of aliphatic hydroxyl groups is 1. The van der Waals surface area contributed by atoms with Crippen LogP contribution in [0.4, 0.5) is 0 Å². The van der Waals surface area contributed by atoms with Gasteiger partial charge >= 0.3 is 0 Å². The van der Waals surface area contributed by atoms with Crippen molar-refractivity contribution in [2.45, 2.75) is 13.0 Å². The fraction of sp³-hybridized carbons (Fsp3) is 0.417. The van der Waals surface area contributed by atoms with Gasteiger partial charge in [0.2, 0.25) is 5.91 Å². The van der Waals surface area contributed by atoms with E-state index in [0.717, 1.165) is 5.56 Å². The highest BCUT2D eigenvalue weighted by molar-refractivity contribution is 5.75. The summed E-state index contributed by atoms with van der Waals surface area (Å²) in [7, 11) is 3.44. The van der Waals surface area contributed by atoms with E-state index >= 15 is 0 Å². The predicted molar refractivity (Wildman–Crippen MR) is 61.2 cm³/mol. The van der Waals surface area contributed by atoms with E-state index in [1.54, 1.807) is 38.4 Å². The Morgan fingerprint density at radius 1 is 1.31 bits per heavy atom. The third-order valence-electron chi connectivity index (χ3n) is 2.19. The molecule has 4 heteroatoms. The molecule has 0 spiro atoms. The van der Waals surface area contributed by atoms with Crippen molar-refractivity contribution in [3.63, 3.8) is 0 Å². The molecule has 0 bridgehead atoms. The van der Waals surface area contributed by atoms with Crippen LogP contribution in [0.2, 0.25) is 0 Å². The van der Waals surface area contributed by atoms with E-state index in [4.69, 9.17) is 9.84 Å². The van der Waals surface area contributed by atoms with Gasteiger partial charge < -0.3 is 14.7 Å². The molecule has 1 rings (SSSR count). The molecule has 0 heterocycles. The summed E-state index contributed by atoms with van der Waals surface area (Å²) in [4.78, 5) is 12.8. The van der Waals surface area contributed by atoms with E-state index in [1.165, 1.54) is 4.90 Å². The van der Waals surface area contributed by atoms with Crippen LogP contribution in [-0.2, 0) is 11.4 Å². The topological polar surface area (TPSA) is 49.8 Å². The molecule has 1 aromatic carbocycles. The number of aliphatic hydroxyl groups excluding tert-OH is 1. The zero-order valence-corrected chi connectivity index (χ0v) is 9.64. The molecule has 88 valence electrons. The lowest BCUT2D eigenvalue weighted by atomic mass is 10.2. The number of carbonyl (C=O) groups excluding carboxylic acids is 1. The zero-order chi connectivity index (χ0) is 12.0. The van der Waals surface area contributed by atoms with Gasteiger partial charge in [0.15, 0.2) is 0 Å². The lowest BCUT2D eigenvalue weighted by Crippen LogP contribution is -2.23. The minimum absolute atomic E-state index is 0.0272. The molecule has 0 aliphatic heterocycles. The lowest BCUT2D eigenvalue weighted by Gasteiger charge is -2.10. The summed E-state index contributed by atoms with van der Waals surface area (Å²) in [6.45, 7) is 0.398. The van der Waals surface area contributed by atoms with E-state index in [2.05, 4.69) is 0 Å². The van der Waals surface area contributed by atoms with Crippen molar-refractivity contribution in [1.29, 1.82) is 0 Å². The lowest BCUT2D eigenvalue weighted by molar-refractivity contribution is -0.129. The Morgan fingerprint density at radius 2 is 1.94 bits per heavy atom. The molecular weight excluding hydrogens is 206 g/mol. The first-order chi connectivity index (χ1) is 7.63. The highest BCUT2D eigenvalue weighted by Gasteiger charge is 2.03. The van der Waals surface area contributed by atoms with Gasteiger partial charge in [0, 0.05) is 14.1 Å². The second-order valence-corrected chi connectivity index (χ2v) is 3.69. The van der Waals surface area contributed by atoms with E-state index in [1.807, 2.05) is 0 Å². The molecule has 1 aromatic rings. The van der Waals surface area contributed by atoms with Crippen LogP contribution in [0.1, 0.15) is 12.0 Å². The summed E-state index contributed by atoms with van der Waals surface area (Å²) in [5.74, 6) is 0.760. The number of nitrogens with zero attached hydrogens (tertiary/aromatic N) is 1. The first-order valence-corrected chi connectivity index (χ1v) is 5.16. The molecule has 0 fully saturated rings. The van der Waals surface area contributed by atoms with Crippen LogP contribution < -0.4 is 4.74 Å². The minimum Gasteiger partial charge on any atom is -0.493 e. The van der Waals surface area contributed by atoms with Crippen LogP contribution in [0, 0.1) is 0 Å². The van der Waals surface area contributed by atoms with Crippen LogP contribution in [-0.4, -0.2) is 36.6 Å². The van der Waals surface area contributed by atoms with Crippen molar-refractivity contribution in [3.05, 3.63) is 29.8 Å². The molecule has 4 nitrogen and oxygen atoms in total. The summed E-state index contributed by atoms with van der Waals surface area (Å²) in [5, 5.41) is 8.85. The maximum absolute atomic E-state index is 11.2. The third-order valence-corrected chi connectivity index (χ3v) is 2.19. The molecule has 0 saturated heterocycles. The van der Waals surface area contributed by atoms with Crippen molar-refractivity contribution in [3.8, 4) is 5.75 Å². The van der Waals surface area contributed by atoms with E-state index in [0.29, 0.717) is 18.8 Å². The number of ether oxygens (including phenoxy) is 1. The van der Waals surface area contributed by atoms with Crippen LogP contribution in [0.15, 0.2) is 24.3 Å². The molecule has 0 radical (unpaired) electrons. The fourth-order valence-electron chi connectivity index (χ4n) is 1.17. The van der Waals surface area contributed by atoms with Crippen molar-refractivity contribution in [2.75, 3.05) is 20.7 Å². The number of rotatable bonds is 5. The van der Waals surface area contributed by atoms with Crippen molar-refractivity contribution in [1.82, 2.24) is 4.90 Å². The molecular formula is C12H17NO3. The largest absolute Gasteiger partial charge is 0.493 e. The van der Waals surface area contributed by atoms with Gasteiger partial charge in [0.05, 0.1) is 19.6 Å². The molecule has 0 aliphatic rings. The van der Waals surface area contributed by atoms with E-state index < -0.39 is 0 Å². The molecule has 0 aromatic heterocycles. The highest BCUT2D eigenvalue weighted by atomic mass is 16.5. The fourth-order valence-corrected chi connectivity index (χ4v) is 1.17. The van der Waals surface area contributed by atoms with Crippen molar-refractivity contribution in [2.24, 2.45) is 0 Å². The summed E-state index contributed by atoms with van der Waals surface area (Å²) in [5.41, 5.74) is 0.844. The zero-order valence-electron chi connectivity index (χ0n) is 9.64. The smallest absolute Gasteiger partial charge is 0.225 e. The molecule has 1 amide bonds. The molecule has 0 aliphatic carbocycles. The first-order valence-electron chi connectivity index (χ1n) is 5.16. The van der Waals surface area contributed by atoms with Gasteiger partial charge in [-0.1, -0.05) is 12.1 Å². The second-order valence-electron chi connectivity index (χ2n) is 3.69. The maximum Gasteiger partial charge on any atom is 0.225 e. The monoisotopic (exact) mass is 223 g/mol. The van der Waals surface area contributed by atoms with Gasteiger partial charge in [-0.3, -0.25) is 4.79 Å². The quantitative estimate of drug-likeness (QED) is 0.811. The first kappa shape index (κ1) is 12.5. The van der Waals surface area contributed by atoms with Gasteiger partial charge in [0.25, 0.3) is 0 Å². The Kier molecular flexibility index (Phi) is 4.79. The average Bonchev–Trinajstić information content (AvgIpc) is 2.29. The molecule has 1 N–H and O–H groups in total. The Morgan fingerprint density at radius 3 is 2.44 bits per heavy atom. The van der Waals surface area contributed by atoms with Crippen LogP contribution in [0.25, 0.3) is 0 Å². The van der Waals surface area contributed by atoms with Gasteiger partial charge in [-0.15, -0.1) is 0 Å². The van der Waals surface area contributed by atoms with Crippen LogP contribution >= 0.6 is 0 Å². The SMILES string of the molecule is CN(C)C(=O)CCOc1ccc(CO)cc1. The summed E-state index contributed by atoms with van der Waals surface area (Å²) >= 11 is 0. The van der Waals surface area contributed by atoms with Gasteiger partial charge in [-0.05, 0) is 17.7 Å². The number of carbonyl (C=O) groups is 1. The maximum atomic E-state index is 11.2. The highest BCUT2D eigenvalue weighted by Crippen LogP contribution is 2.12. The number of benzene rings is 1.